The number of hydrogen-bond acceptors (Lipinski definition) is 2. The summed E-state index contributed by atoms with van der Waals surface area (Å²) in [4.78, 5) is 0. The first-order valence-corrected chi connectivity index (χ1v) is 6.69. The minimum Gasteiger partial charge on any atom is -0.346 e. The van der Waals surface area contributed by atoms with Crippen LogP contribution in [-0.2, 0) is 9.47 Å². The summed E-state index contributed by atoms with van der Waals surface area (Å²) in [7, 11) is 0. The Labute approximate surface area is 102 Å². The average molecular weight is 229 g/mol. The zero-order valence-corrected chi connectivity index (χ0v) is 11.7. The summed E-state index contributed by atoms with van der Waals surface area (Å²) in [6, 6.07) is 0. The Balaban J connectivity index is 3.34. The number of ether oxygens (including phenoxy) is 2. The molecule has 0 bridgehead atoms. The van der Waals surface area contributed by atoms with Gasteiger partial charge in [-0.3, -0.25) is 0 Å². The zero-order chi connectivity index (χ0) is 12.4. The van der Waals surface area contributed by atoms with Crippen LogP contribution in [0.15, 0.2) is 0 Å². The van der Waals surface area contributed by atoms with E-state index in [-0.39, 0.29) is 0 Å². The molecule has 2 atom stereocenters. The third kappa shape index (κ3) is 9.17. The molecule has 0 aromatic carbocycles. The van der Waals surface area contributed by atoms with E-state index in [0.29, 0.717) is 0 Å². The summed E-state index contributed by atoms with van der Waals surface area (Å²) in [5, 5.41) is 0. The standard InChI is InChI=1S/C14H29O2/c1-6-12(3)8-10-15-14(5)16-11-9-13(4)7-2/h12-13H,6-11H2,1-5H3. The van der Waals surface area contributed by atoms with Gasteiger partial charge in [-0.05, 0) is 31.6 Å². The quantitative estimate of drug-likeness (QED) is 0.552. The van der Waals surface area contributed by atoms with Crippen LogP contribution in [0.5, 0.6) is 0 Å². The van der Waals surface area contributed by atoms with Crippen LogP contribution in [0.25, 0.3) is 0 Å². The Kier molecular flexibility index (Phi) is 10.0. The first-order chi connectivity index (χ1) is 7.60. The maximum atomic E-state index is 5.52. The van der Waals surface area contributed by atoms with Crippen molar-refractivity contribution in [3.05, 3.63) is 6.29 Å². The minimum absolute atomic E-state index is 0.728. The second-order valence-electron chi connectivity index (χ2n) is 4.79. The maximum Gasteiger partial charge on any atom is 0.220 e. The van der Waals surface area contributed by atoms with E-state index >= 15 is 0 Å². The molecule has 2 unspecified atom stereocenters. The van der Waals surface area contributed by atoms with Crippen molar-refractivity contribution in [2.24, 2.45) is 11.8 Å². The van der Waals surface area contributed by atoms with E-state index in [4.69, 9.17) is 9.47 Å². The monoisotopic (exact) mass is 229 g/mol. The molecule has 0 amide bonds. The first-order valence-electron chi connectivity index (χ1n) is 6.69. The molecule has 0 saturated carbocycles. The molecule has 0 aromatic heterocycles. The van der Waals surface area contributed by atoms with E-state index in [9.17, 15) is 0 Å². The molecule has 0 N–H and O–H groups in total. The van der Waals surface area contributed by atoms with Gasteiger partial charge in [0.05, 0.1) is 13.2 Å². The first kappa shape index (κ1) is 15.9. The highest BCUT2D eigenvalue weighted by Gasteiger charge is 2.06. The predicted octanol–water partition coefficient (Wildman–Crippen LogP) is 4.40. The van der Waals surface area contributed by atoms with Gasteiger partial charge in [-0.2, -0.15) is 0 Å². The molecule has 0 saturated heterocycles. The molecule has 0 heterocycles. The van der Waals surface area contributed by atoms with Crippen molar-refractivity contribution in [2.45, 2.75) is 60.3 Å². The summed E-state index contributed by atoms with van der Waals surface area (Å²) in [6.45, 7) is 12.4. The van der Waals surface area contributed by atoms with Crippen molar-refractivity contribution in [3.63, 3.8) is 0 Å². The van der Waals surface area contributed by atoms with Gasteiger partial charge in [0.1, 0.15) is 0 Å². The molecule has 16 heavy (non-hydrogen) atoms. The Morgan fingerprint density at radius 3 is 1.56 bits per heavy atom. The Morgan fingerprint density at radius 2 is 1.25 bits per heavy atom. The third-order valence-electron chi connectivity index (χ3n) is 3.23. The van der Waals surface area contributed by atoms with E-state index in [0.717, 1.165) is 44.2 Å². The van der Waals surface area contributed by atoms with Crippen LogP contribution in [-0.4, -0.2) is 13.2 Å². The van der Waals surface area contributed by atoms with E-state index in [2.05, 4.69) is 27.7 Å². The predicted molar refractivity (Wildman–Crippen MR) is 69.0 cm³/mol. The molecular weight excluding hydrogens is 200 g/mol. The van der Waals surface area contributed by atoms with Gasteiger partial charge in [-0.25, -0.2) is 0 Å². The van der Waals surface area contributed by atoms with Gasteiger partial charge in [0.25, 0.3) is 0 Å². The largest absolute Gasteiger partial charge is 0.346 e. The lowest BCUT2D eigenvalue weighted by atomic mass is 10.1. The fourth-order valence-corrected chi connectivity index (χ4v) is 1.26. The lowest BCUT2D eigenvalue weighted by Crippen LogP contribution is -2.10. The van der Waals surface area contributed by atoms with Crippen LogP contribution in [0, 0.1) is 18.1 Å². The van der Waals surface area contributed by atoms with E-state index in [1.807, 2.05) is 6.92 Å². The van der Waals surface area contributed by atoms with Crippen molar-refractivity contribution in [3.8, 4) is 0 Å². The van der Waals surface area contributed by atoms with E-state index in [1.54, 1.807) is 0 Å². The lowest BCUT2D eigenvalue weighted by molar-refractivity contribution is -0.0434. The smallest absolute Gasteiger partial charge is 0.220 e. The Bertz CT molecular complexity index is 132. The summed E-state index contributed by atoms with van der Waals surface area (Å²) >= 11 is 0. The molecule has 0 rings (SSSR count). The van der Waals surface area contributed by atoms with Gasteiger partial charge in [0, 0.05) is 0 Å². The minimum atomic E-state index is 0.728. The molecule has 0 aliphatic heterocycles. The lowest BCUT2D eigenvalue weighted by Gasteiger charge is -2.15. The molecule has 2 nitrogen and oxygen atoms in total. The second-order valence-corrected chi connectivity index (χ2v) is 4.79. The molecule has 0 fully saturated rings. The summed E-state index contributed by atoms with van der Waals surface area (Å²) in [5.74, 6) is 1.49. The molecular formula is C14H29O2. The van der Waals surface area contributed by atoms with Gasteiger partial charge in [-0.15, -0.1) is 0 Å². The third-order valence-corrected chi connectivity index (χ3v) is 3.23. The molecule has 0 spiro atoms. The summed E-state index contributed by atoms with van der Waals surface area (Å²) in [5.41, 5.74) is 0. The summed E-state index contributed by atoms with van der Waals surface area (Å²) in [6.07, 6.45) is 5.39. The van der Waals surface area contributed by atoms with Crippen molar-refractivity contribution in [1.29, 1.82) is 0 Å². The second kappa shape index (κ2) is 10.1. The van der Waals surface area contributed by atoms with Gasteiger partial charge < -0.3 is 9.47 Å². The van der Waals surface area contributed by atoms with Gasteiger partial charge in [0.2, 0.25) is 6.29 Å². The van der Waals surface area contributed by atoms with Gasteiger partial charge in [-0.1, -0.05) is 40.5 Å². The van der Waals surface area contributed by atoms with E-state index < -0.39 is 0 Å². The van der Waals surface area contributed by atoms with Crippen LogP contribution in [0.4, 0.5) is 0 Å². The highest BCUT2D eigenvalue weighted by molar-refractivity contribution is 4.58. The highest BCUT2D eigenvalue weighted by atomic mass is 16.7. The summed E-state index contributed by atoms with van der Waals surface area (Å²) < 4.78 is 11.0. The van der Waals surface area contributed by atoms with Gasteiger partial charge in [0.15, 0.2) is 0 Å². The Hall–Kier alpha value is -0.0800. The SMILES string of the molecule is CCC(C)CCO[C](C)OCCC(C)CC. The number of rotatable bonds is 10. The topological polar surface area (TPSA) is 18.5 Å². The molecule has 0 aliphatic rings. The molecule has 2 heteroatoms. The van der Waals surface area contributed by atoms with Crippen LogP contribution < -0.4 is 0 Å². The van der Waals surface area contributed by atoms with E-state index in [1.165, 1.54) is 12.8 Å². The molecule has 1 radical (unpaired) electrons. The van der Waals surface area contributed by atoms with Crippen molar-refractivity contribution in [1.82, 2.24) is 0 Å². The fourth-order valence-electron chi connectivity index (χ4n) is 1.26. The average Bonchev–Trinajstić information content (AvgIpc) is 2.28. The fraction of sp³-hybridized carbons (Fsp3) is 0.929. The van der Waals surface area contributed by atoms with Crippen molar-refractivity contribution >= 4 is 0 Å². The van der Waals surface area contributed by atoms with Crippen molar-refractivity contribution in [2.75, 3.05) is 13.2 Å². The van der Waals surface area contributed by atoms with Gasteiger partial charge >= 0.3 is 0 Å². The van der Waals surface area contributed by atoms with Crippen LogP contribution in [0.2, 0.25) is 0 Å². The van der Waals surface area contributed by atoms with Crippen LogP contribution in [0.1, 0.15) is 60.3 Å². The highest BCUT2D eigenvalue weighted by Crippen LogP contribution is 2.12. The van der Waals surface area contributed by atoms with Crippen LogP contribution >= 0.6 is 0 Å². The molecule has 0 aromatic rings. The number of hydrogen-bond donors (Lipinski definition) is 0. The normalized spacial score (nSPS) is 15.4. The van der Waals surface area contributed by atoms with Crippen molar-refractivity contribution < 1.29 is 9.47 Å². The maximum absolute atomic E-state index is 5.52. The molecule has 0 aliphatic carbocycles. The van der Waals surface area contributed by atoms with Crippen LogP contribution in [0.3, 0.4) is 0 Å². The Morgan fingerprint density at radius 1 is 0.875 bits per heavy atom. The molecule has 97 valence electrons. The zero-order valence-electron chi connectivity index (χ0n) is 11.7.